The first-order valence-electron chi connectivity index (χ1n) is 8.42. The van der Waals surface area contributed by atoms with Gasteiger partial charge in [-0.1, -0.05) is 12.1 Å². The van der Waals surface area contributed by atoms with Gasteiger partial charge in [0.15, 0.2) is 5.11 Å². The minimum atomic E-state index is -0.853. The van der Waals surface area contributed by atoms with Gasteiger partial charge in [0.25, 0.3) is 0 Å². The van der Waals surface area contributed by atoms with Crippen molar-refractivity contribution in [3.8, 4) is 0 Å². The predicted octanol–water partition coefficient (Wildman–Crippen LogP) is 3.52. The van der Waals surface area contributed by atoms with E-state index >= 15 is 0 Å². The van der Waals surface area contributed by atoms with Crippen LogP contribution in [0.25, 0.3) is 0 Å². The van der Waals surface area contributed by atoms with Gasteiger partial charge in [0.1, 0.15) is 11.2 Å². The van der Waals surface area contributed by atoms with Gasteiger partial charge in [-0.05, 0) is 71.5 Å². The summed E-state index contributed by atoms with van der Waals surface area (Å²) in [5, 5.41) is 3.69. The van der Waals surface area contributed by atoms with Crippen LogP contribution in [0.4, 0.5) is 15.3 Å². The molecule has 9 heteroatoms. The molecule has 150 valence electrons. The maximum Gasteiger partial charge on any atom is 0.434 e. The zero-order chi connectivity index (χ0) is 20.8. The third-order valence-corrected chi connectivity index (χ3v) is 2.89. The smallest absolute Gasteiger partial charge is 0.434 e. The van der Waals surface area contributed by atoms with Gasteiger partial charge in [0.05, 0.1) is 0 Å². The molecule has 2 amide bonds. The number of anilines is 1. The number of nitrogens with two attached hydrogens (primary N) is 1. The first kappa shape index (κ1) is 22.7. The molecule has 0 saturated heterocycles. The highest BCUT2D eigenvalue weighted by Crippen LogP contribution is 2.15. The van der Waals surface area contributed by atoms with E-state index in [0.29, 0.717) is 5.69 Å². The third-order valence-electron chi connectivity index (χ3n) is 2.79. The quantitative estimate of drug-likeness (QED) is 0.524. The molecule has 0 bridgehead atoms. The number of carbonyl (C=O) groups is 2. The number of thiocarbonyl (C=S) groups is 1. The fourth-order valence-electron chi connectivity index (χ4n) is 1.89. The monoisotopic (exact) mass is 396 g/mol. The van der Waals surface area contributed by atoms with Crippen molar-refractivity contribution in [1.29, 1.82) is 0 Å². The normalized spacial score (nSPS) is 11.5. The molecule has 1 aromatic carbocycles. The average molecular weight is 397 g/mol. The van der Waals surface area contributed by atoms with E-state index in [9.17, 15) is 9.59 Å². The molecule has 27 heavy (non-hydrogen) atoms. The van der Waals surface area contributed by atoms with E-state index < -0.39 is 23.4 Å². The molecule has 4 N–H and O–H groups in total. The van der Waals surface area contributed by atoms with Crippen LogP contribution in [0.15, 0.2) is 24.3 Å². The van der Waals surface area contributed by atoms with Crippen LogP contribution in [0.1, 0.15) is 47.1 Å². The second-order valence-corrected chi connectivity index (χ2v) is 8.26. The molecule has 8 nitrogen and oxygen atoms in total. The summed E-state index contributed by atoms with van der Waals surface area (Å²) < 4.78 is 10.6. The van der Waals surface area contributed by atoms with E-state index in [1.807, 2.05) is 6.07 Å². The summed E-state index contributed by atoms with van der Waals surface area (Å²) in [7, 11) is 0. The summed E-state index contributed by atoms with van der Waals surface area (Å²) in [6.45, 7) is 10.4. The molecule has 0 fully saturated rings. The summed E-state index contributed by atoms with van der Waals surface area (Å²) in [5.74, 6) is 0. The van der Waals surface area contributed by atoms with Gasteiger partial charge in [0, 0.05) is 12.2 Å². The Morgan fingerprint density at radius 1 is 1.07 bits per heavy atom. The maximum absolute atomic E-state index is 12.4. The van der Waals surface area contributed by atoms with Crippen LogP contribution in [0.5, 0.6) is 0 Å². The van der Waals surface area contributed by atoms with Crippen molar-refractivity contribution in [2.45, 2.75) is 59.3 Å². The van der Waals surface area contributed by atoms with E-state index in [1.165, 1.54) is 0 Å². The number of ether oxygens (including phenoxy) is 2. The number of nitrogens with zero attached hydrogens (tertiary/aromatic N) is 1. The number of carbonyl (C=O) groups excluding carboxylic acids is 2. The Bertz CT molecular complexity index is 667. The molecule has 1 aromatic rings. The summed E-state index contributed by atoms with van der Waals surface area (Å²) >= 11 is 4.82. The van der Waals surface area contributed by atoms with E-state index in [2.05, 4.69) is 10.7 Å². The summed E-state index contributed by atoms with van der Waals surface area (Å²) in [6.07, 6.45) is -1.71. The Kier molecular flexibility index (Phi) is 7.55. The number of hydrogen-bond acceptors (Lipinski definition) is 6. The van der Waals surface area contributed by atoms with Crippen LogP contribution in [0.3, 0.4) is 0 Å². The zero-order valence-electron chi connectivity index (χ0n) is 16.6. The molecular weight excluding hydrogens is 368 g/mol. The van der Waals surface area contributed by atoms with Crippen molar-refractivity contribution in [1.82, 2.24) is 10.4 Å². The minimum absolute atomic E-state index is 0.143. The molecule has 0 aromatic heterocycles. The van der Waals surface area contributed by atoms with Gasteiger partial charge in [-0.2, -0.15) is 0 Å². The van der Waals surface area contributed by atoms with Crippen molar-refractivity contribution in [2.24, 2.45) is 5.73 Å². The van der Waals surface area contributed by atoms with E-state index in [0.717, 1.165) is 10.6 Å². The molecule has 0 saturated carbocycles. The van der Waals surface area contributed by atoms with E-state index in [1.54, 1.807) is 59.7 Å². The van der Waals surface area contributed by atoms with Crippen LogP contribution >= 0.6 is 12.2 Å². The average Bonchev–Trinajstić information content (AvgIpc) is 2.43. The van der Waals surface area contributed by atoms with Crippen molar-refractivity contribution >= 4 is 35.2 Å². The van der Waals surface area contributed by atoms with Crippen LogP contribution in [0, 0.1) is 0 Å². The standard InChI is InChI=1S/C18H28N4O4S/c1-17(2,3)25-15(23)22(16(24)26-18(4,5)6)20-11-12-8-7-9-13(10-12)21-14(19)27/h7-10,20H,11H2,1-6H3,(H3,19,21,27). The van der Waals surface area contributed by atoms with Crippen LogP contribution in [-0.4, -0.2) is 33.5 Å². The summed E-state index contributed by atoms with van der Waals surface area (Å²) in [6, 6.07) is 7.19. The van der Waals surface area contributed by atoms with Crippen LogP contribution in [-0.2, 0) is 16.0 Å². The van der Waals surface area contributed by atoms with Crippen LogP contribution < -0.4 is 16.5 Å². The van der Waals surface area contributed by atoms with Gasteiger partial charge in [-0.15, -0.1) is 5.01 Å². The van der Waals surface area contributed by atoms with Gasteiger partial charge in [-0.3, -0.25) is 0 Å². The van der Waals surface area contributed by atoms with Crippen molar-refractivity contribution < 1.29 is 19.1 Å². The summed E-state index contributed by atoms with van der Waals surface area (Å²) in [4.78, 5) is 24.8. The molecular formula is C18H28N4O4S. The lowest BCUT2D eigenvalue weighted by molar-refractivity contribution is -0.0102. The summed E-state index contributed by atoms with van der Waals surface area (Å²) in [5.41, 5.74) is 8.18. The number of rotatable bonds is 4. The predicted molar refractivity (Wildman–Crippen MR) is 108 cm³/mol. The Hall–Kier alpha value is -2.39. The molecule has 0 heterocycles. The molecule has 0 unspecified atom stereocenters. The SMILES string of the molecule is CC(C)(C)OC(=O)N(NCc1cccc(NC(N)=S)c1)C(=O)OC(C)(C)C. The lowest BCUT2D eigenvalue weighted by Gasteiger charge is -2.28. The number of benzene rings is 1. The molecule has 0 radical (unpaired) electrons. The maximum atomic E-state index is 12.4. The van der Waals surface area contributed by atoms with Crippen molar-refractivity contribution in [2.75, 3.05) is 5.32 Å². The lowest BCUT2D eigenvalue weighted by Crippen LogP contribution is -2.50. The van der Waals surface area contributed by atoms with Gasteiger partial charge >= 0.3 is 12.2 Å². The number of hydrazine groups is 1. The Balaban J connectivity index is 2.92. The fraction of sp³-hybridized carbons (Fsp3) is 0.500. The lowest BCUT2D eigenvalue weighted by atomic mass is 10.2. The van der Waals surface area contributed by atoms with E-state index in [4.69, 9.17) is 27.4 Å². The van der Waals surface area contributed by atoms with Gasteiger partial charge < -0.3 is 20.5 Å². The second kappa shape index (κ2) is 9.01. The van der Waals surface area contributed by atoms with Crippen molar-refractivity contribution in [3.63, 3.8) is 0 Å². The molecule has 0 spiro atoms. The fourth-order valence-corrected chi connectivity index (χ4v) is 2.01. The highest BCUT2D eigenvalue weighted by molar-refractivity contribution is 7.80. The Labute approximate surface area is 165 Å². The number of nitrogens with one attached hydrogen (secondary N) is 2. The number of hydrogen-bond donors (Lipinski definition) is 3. The highest BCUT2D eigenvalue weighted by atomic mass is 32.1. The third kappa shape index (κ3) is 9.20. The van der Waals surface area contributed by atoms with Crippen LogP contribution in [0.2, 0.25) is 0 Å². The molecule has 0 atom stereocenters. The number of amides is 2. The highest BCUT2D eigenvalue weighted by Gasteiger charge is 2.31. The first-order chi connectivity index (χ1) is 12.3. The Morgan fingerprint density at radius 3 is 2.04 bits per heavy atom. The zero-order valence-corrected chi connectivity index (χ0v) is 17.4. The van der Waals surface area contributed by atoms with Gasteiger partial charge in [0.2, 0.25) is 0 Å². The molecule has 0 aliphatic rings. The largest absolute Gasteiger partial charge is 0.442 e. The number of imide groups is 1. The molecule has 1 rings (SSSR count). The molecule has 0 aliphatic carbocycles. The topological polar surface area (TPSA) is 106 Å². The van der Waals surface area contributed by atoms with Gasteiger partial charge in [-0.25, -0.2) is 15.0 Å². The molecule has 0 aliphatic heterocycles. The Morgan fingerprint density at radius 2 is 1.59 bits per heavy atom. The van der Waals surface area contributed by atoms with Crippen molar-refractivity contribution in [3.05, 3.63) is 29.8 Å². The van der Waals surface area contributed by atoms with E-state index in [-0.39, 0.29) is 11.7 Å². The minimum Gasteiger partial charge on any atom is -0.442 e. The second-order valence-electron chi connectivity index (χ2n) is 7.82. The first-order valence-corrected chi connectivity index (χ1v) is 8.83.